The number of hydrogen-bond donors (Lipinski definition) is 1. The maximum atomic E-state index is 13.6. The Kier molecular flexibility index (Phi) is 4.79. The number of carbonyl (C=O) groups is 2. The number of amides is 2. The first-order valence-corrected chi connectivity index (χ1v) is 10.7. The van der Waals surface area contributed by atoms with Gasteiger partial charge in [0.2, 0.25) is 5.91 Å². The molecule has 156 valence electrons. The fourth-order valence-corrected chi connectivity index (χ4v) is 4.69. The molecule has 2 fully saturated rings. The predicted molar refractivity (Wildman–Crippen MR) is 120 cm³/mol. The lowest BCUT2D eigenvalue weighted by molar-refractivity contribution is -0.126. The van der Waals surface area contributed by atoms with E-state index in [1.807, 2.05) is 49.4 Å². The molecule has 7 heteroatoms. The molecule has 1 N–H and O–H groups in total. The largest absolute Gasteiger partial charge is 0.508 e. The van der Waals surface area contributed by atoms with Crippen LogP contribution in [0.4, 0.5) is 11.4 Å². The van der Waals surface area contributed by atoms with E-state index in [-0.39, 0.29) is 11.7 Å². The number of aryl methyl sites for hydroxylation is 1. The molecule has 3 unspecified atom stereocenters. The molecule has 0 aromatic heterocycles. The molecule has 2 saturated heterocycles. The highest BCUT2D eigenvalue weighted by Crippen LogP contribution is 2.49. The third kappa shape index (κ3) is 3.21. The smallest absolute Gasteiger partial charge is 0.266 e. The summed E-state index contributed by atoms with van der Waals surface area (Å²) in [6, 6.07) is 20.9. The van der Waals surface area contributed by atoms with Gasteiger partial charge in [0, 0.05) is 10.0 Å². The zero-order chi connectivity index (χ0) is 21.7. The summed E-state index contributed by atoms with van der Waals surface area (Å²) in [4.78, 5) is 34.2. The van der Waals surface area contributed by atoms with E-state index in [2.05, 4.69) is 15.9 Å². The first-order chi connectivity index (χ1) is 15.0. The number of carbonyl (C=O) groups excluding carboxylic acids is 2. The van der Waals surface area contributed by atoms with Crippen molar-refractivity contribution in [1.82, 2.24) is 0 Å². The molecule has 2 aliphatic heterocycles. The van der Waals surface area contributed by atoms with E-state index in [1.54, 1.807) is 35.4 Å². The Bertz CT molecular complexity index is 1180. The summed E-state index contributed by atoms with van der Waals surface area (Å²) in [5, 5.41) is 12.2. The number of anilines is 2. The molecule has 6 nitrogen and oxygen atoms in total. The molecule has 0 radical (unpaired) electrons. The minimum atomic E-state index is -0.975. The van der Waals surface area contributed by atoms with Crippen molar-refractivity contribution in [1.29, 1.82) is 0 Å². The van der Waals surface area contributed by atoms with Crippen molar-refractivity contribution in [3.05, 3.63) is 88.4 Å². The second-order valence-electron chi connectivity index (χ2n) is 7.71. The third-order valence-electron chi connectivity index (χ3n) is 5.69. The number of rotatable bonds is 3. The molecular weight excluding hydrogens is 460 g/mol. The Morgan fingerprint density at radius 2 is 1.65 bits per heavy atom. The van der Waals surface area contributed by atoms with E-state index in [4.69, 9.17) is 4.84 Å². The molecule has 3 aromatic rings. The van der Waals surface area contributed by atoms with Crippen molar-refractivity contribution < 1.29 is 19.5 Å². The quantitative estimate of drug-likeness (QED) is 0.560. The Balaban J connectivity index is 1.63. The van der Waals surface area contributed by atoms with Crippen molar-refractivity contribution >= 4 is 39.1 Å². The van der Waals surface area contributed by atoms with Crippen LogP contribution in [0.2, 0.25) is 0 Å². The lowest BCUT2D eigenvalue weighted by Gasteiger charge is -2.29. The van der Waals surface area contributed by atoms with Crippen LogP contribution in [0.15, 0.2) is 77.3 Å². The van der Waals surface area contributed by atoms with Crippen LogP contribution in [0.25, 0.3) is 0 Å². The molecule has 2 aliphatic rings. The minimum Gasteiger partial charge on any atom is -0.508 e. The fourth-order valence-electron chi connectivity index (χ4n) is 4.31. The van der Waals surface area contributed by atoms with Gasteiger partial charge in [0.25, 0.3) is 5.91 Å². The monoisotopic (exact) mass is 478 g/mol. The van der Waals surface area contributed by atoms with Gasteiger partial charge in [-0.15, -0.1) is 0 Å². The minimum absolute atomic E-state index is 0.0348. The van der Waals surface area contributed by atoms with E-state index in [0.29, 0.717) is 16.9 Å². The fraction of sp³-hybridized carbons (Fsp3) is 0.167. The van der Waals surface area contributed by atoms with Gasteiger partial charge in [-0.1, -0.05) is 46.3 Å². The van der Waals surface area contributed by atoms with E-state index < -0.39 is 24.0 Å². The number of nitrogens with zero attached hydrogens (tertiary/aromatic N) is 2. The highest BCUT2D eigenvalue weighted by molar-refractivity contribution is 9.10. The number of phenols is 1. The van der Waals surface area contributed by atoms with E-state index in [0.717, 1.165) is 10.0 Å². The van der Waals surface area contributed by atoms with Gasteiger partial charge in [-0.3, -0.25) is 14.4 Å². The standard InChI is InChI=1S/C24H19BrN2O4/c1-14-6-5-9-17(12-14)26-23(29)20-21(18-13-15(25)10-11-19(18)28)27(31-22(20)24(26)30)16-7-3-2-4-8-16/h2-13,20-22,28H,1H3. The van der Waals surface area contributed by atoms with Crippen LogP contribution in [0.1, 0.15) is 17.2 Å². The number of halogens is 1. The maximum absolute atomic E-state index is 13.6. The van der Waals surface area contributed by atoms with Gasteiger partial charge in [-0.2, -0.15) is 0 Å². The van der Waals surface area contributed by atoms with E-state index >= 15 is 0 Å². The van der Waals surface area contributed by atoms with Crippen LogP contribution in [0.5, 0.6) is 5.75 Å². The average Bonchev–Trinajstić information content (AvgIpc) is 3.26. The summed E-state index contributed by atoms with van der Waals surface area (Å²) in [5.41, 5.74) is 2.68. The highest BCUT2D eigenvalue weighted by atomic mass is 79.9. The number of aromatic hydroxyl groups is 1. The average molecular weight is 479 g/mol. The maximum Gasteiger partial charge on any atom is 0.266 e. The van der Waals surface area contributed by atoms with E-state index in [1.165, 1.54) is 4.90 Å². The highest BCUT2D eigenvalue weighted by Gasteiger charge is 2.60. The number of benzene rings is 3. The van der Waals surface area contributed by atoms with Crippen LogP contribution in [-0.4, -0.2) is 23.0 Å². The number of phenolic OH excluding ortho intramolecular Hbond substituents is 1. The first kappa shape index (κ1) is 19.8. The molecule has 5 rings (SSSR count). The number of imide groups is 1. The Hall–Kier alpha value is -3.16. The lowest BCUT2D eigenvalue weighted by atomic mass is 9.90. The SMILES string of the molecule is Cc1cccc(N2C(=O)C3ON(c4ccccc4)C(c4cc(Br)ccc4O)C3C2=O)c1. The van der Waals surface area contributed by atoms with Gasteiger partial charge in [-0.05, 0) is 55.0 Å². The van der Waals surface area contributed by atoms with Crippen molar-refractivity contribution in [2.45, 2.75) is 19.1 Å². The van der Waals surface area contributed by atoms with Crippen LogP contribution >= 0.6 is 15.9 Å². The van der Waals surface area contributed by atoms with E-state index in [9.17, 15) is 14.7 Å². The topological polar surface area (TPSA) is 70.1 Å². The van der Waals surface area contributed by atoms with Gasteiger partial charge >= 0.3 is 0 Å². The zero-order valence-electron chi connectivity index (χ0n) is 16.6. The number of hydroxylamine groups is 1. The van der Waals surface area contributed by atoms with Crippen molar-refractivity contribution in [3.8, 4) is 5.75 Å². The molecule has 2 amide bonds. The van der Waals surface area contributed by atoms with Crippen molar-refractivity contribution in [2.75, 3.05) is 9.96 Å². The van der Waals surface area contributed by atoms with Crippen LogP contribution < -0.4 is 9.96 Å². The molecule has 31 heavy (non-hydrogen) atoms. The Morgan fingerprint density at radius 1 is 0.903 bits per heavy atom. The van der Waals surface area contributed by atoms with Gasteiger partial charge in [-0.25, -0.2) is 9.96 Å². The predicted octanol–water partition coefficient (Wildman–Crippen LogP) is 4.51. The molecule has 0 bridgehead atoms. The van der Waals surface area contributed by atoms with Gasteiger partial charge in [0.1, 0.15) is 11.7 Å². The molecule has 0 saturated carbocycles. The second kappa shape index (κ2) is 7.51. The summed E-state index contributed by atoms with van der Waals surface area (Å²) in [6.07, 6.45) is -0.975. The molecule has 0 aliphatic carbocycles. The Morgan fingerprint density at radius 3 is 2.39 bits per heavy atom. The van der Waals surface area contributed by atoms with Crippen molar-refractivity contribution in [3.63, 3.8) is 0 Å². The summed E-state index contributed by atoms with van der Waals surface area (Å²) < 4.78 is 0.754. The normalized spacial score (nSPS) is 22.8. The summed E-state index contributed by atoms with van der Waals surface area (Å²) in [7, 11) is 0. The number of para-hydroxylation sites is 1. The first-order valence-electron chi connectivity index (χ1n) is 9.89. The zero-order valence-corrected chi connectivity index (χ0v) is 18.2. The van der Waals surface area contributed by atoms with Crippen LogP contribution in [-0.2, 0) is 14.4 Å². The van der Waals surface area contributed by atoms with Crippen LogP contribution in [0.3, 0.4) is 0 Å². The molecular formula is C24H19BrN2O4. The van der Waals surface area contributed by atoms with Crippen LogP contribution in [0, 0.1) is 12.8 Å². The summed E-state index contributed by atoms with van der Waals surface area (Å²) in [5.74, 6) is -1.51. The molecule has 0 spiro atoms. The third-order valence-corrected chi connectivity index (χ3v) is 6.19. The van der Waals surface area contributed by atoms with Gasteiger partial charge in [0.05, 0.1) is 17.4 Å². The number of hydrogen-bond acceptors (Lipinski definition) is 5. The molecule has 3 atom stereocenters. The van der Waals surface area contributed by atoms with Crippen molar-refractivity contribution in [2.24, 2.45) is 5.92 Å². The summed E-state index contributed by atoms with van der Waals surface area (Å²) >= 11 is 3.44. The molecule has 3 aromatic carbocycles. The number of fused-ring (bicyclic) bond motifs is 1. The summed E-state index contributed by atoms with van der Waals surface area (Å²) in [6.45, 7) is 1.91. The lowest BCUT2D eigenvalue weighted by Crippen LogP contribution is -2.37. The van der Waals surface area contributed by atoms with Gasteiger partial charge < -0.3 is 5.11 Å². The Labute approximate surface area is 187 Å². The van der Waals surface area contributed by atoms with Gasteiger partial charge in [0.15, 0.2) is 6.10 Å². The molecule has 2 heterocycles. The second-order valence-corrected chi connectivity index (χ2v) is 8.63.